The molecule has 2 aliphatic rings. The highest BCUT2D eigenvalue weighted by Crippen LogP contribution is 2.47. The highest BCUT2D eigenvalue weighted by molar-refractivity contribution is 6.24. The number of hydrogen-bond donors (Lipinski definition) is 4. The van der Waals surface area contributed by atoms with Crippen LogP contribution >= 0.6 is 0 Å². The third kappa shape index (κ3) is 4.42. The first kappa shape index (κ1) is 24.2. The van der Waals surface area contributed by atoms with Crippen molar-refractivity contribution in [3.8, 4) is 0 Å². The molecule has 4 atom stereocenters. The largest absolute Gasteiger partial charge is 0.480 e. The second kappa shape index (κ2) is 9.71. The van der Waals surface area contributed by atoms with Gasteiger partial charge in [-0.15, -0.1) is 0 Å². The number of benzene rings is 2. The summed E-state index contributed by atoms with van der Waals surface area (Å²) in [7, 11) is 0. The van der Waals surface area contributed by atoms with Gasteiger partial charge >= 0.3 is 12.0 Å². The third-order valence-corrected chi connectivity index (χ3v) is 6.77. The van der Waals surface area contributed by atoms with Crippen LogP contribution in [-0.4, -0.2) is 47.0 Å². The van der Waals surface area contributed by atoms with Crippen molar-refractivity contribution in [1.29, 1.82) is 0 Å². The SMILES string of the molecule is Cc1ccccc1N1C(=O)C2C(/C=C/c3ccccc3)NC(CCCNC(N)=O)(C(=O)O)C2C1=O. The summed E-state index contributed by atoms with van der Waals surface area (Å²) in [4.78, 5) is 52.3. The second-order valence-corrected chi connectivity index (χ2v) is 8.91. The van der Waals surface area contributed by atoms with Gasteiger partial charge in [-0.2, -0.15) is 0 Å². The molecule has 0 radical (unpaired) electrons. The van der Waals surface area contributed by atoms with Gasteiger partial charge in [0.2, 0.25) is 11.8 Å². The highest BCUT2D eigenvalue weighted by Gasteiger charge is 2.67. The number of imide groups is 1. The zero-order valence-corrected chi connectivity index (χ0v) is 19.3. The number of anilines is 1. The van der Waals surface area contributed by atoms with E-state index in [2.05, 4.69) is 10.6 Å². The minimum absolute atomic E-state index is 0.0279. The summed E-state index contributed by atoms with van der Waals surface area (Å²) >= 11 is 0. The van der Waals surface area contributed by atoms with E-state index >= 15 is 0 Å². The summed E-state index contributed by atoms with van der Waals surface area (Å²) < 4.78 is 0. The maximum Gasteiger partial charge on any atom is 0.324 e. The van der Waals surface area contributed by atoms with Crippen LogP contribution in [0, 0.1) is 18.8 Å². The van der Waals surface area contributed by atoms with Gasteiger partial charge in [0, 0.05) is 12.6 Å². The van der Waals surface area contributed by atoms with Crippen molar-refractivity contribution in [2.45, 2.75) is 31.3 Å². The summed E-state index contributed by atoms with van der Waals surface area (Å²) in [5, 5.41) is 15.9. The first-order valence-corrected chi connectivity index (χ1v) is 11.5. The van der Waals surface area contributed by atoms with Crippen molar-refractivity contribution in [2.75, 3.05) is 11.4 Å². The van der Waals surface area contributed by atoms with E-state index in [1.54, 1.807) is 31.2 Å². The van der Waals surface area contributed by atoms with Crippen molar-refractivity contribution >= 4 is 35.6 Å². The number of hydrogen-bond acceptors (Lipinski definition) is 5. The van der Waals surface area contributed by atoms with Gasteiger partial charge in [-0.05, 0) is 37.0 Å². The van der Waals surface area contributed by atoms with E-state index in [0.717, 1.165) is 16.0 Å². The van der Waals surface area contributed by atoms with E-state index in [4.69, 9.17) is 5.73 Å². The Hall–Kier alpha value is -3.98. The minimum atomic E-state index is -1.68. The van der Waals surface area contributed by atoms with Crippen molar-refractivity contribution in [3.05, 3.63) is 71.8 Å². The standard InChI is InChI=1S/C26H28N4O5/c1-16-8-5-6-11-19(16)30-22(31)20-18(13-12-17-9-3-2-4-10-17)29-26(24(33)34,21(20)23(30)32)14-7-15-28-25(27)35/h2-6,8-13,18,20-21,29H,7,14-15H2,1H3,(H,33,34)(H3,27,28,35)/b13-12+. The van der Waals surface area contributed by atoms with Gasteiger partial charge in [0.25, 0.3) is 0 Å². The summed E-state index contributed by atoms with van der Waals surface area (Å²) in [6.07, 6.45) is 3.86. The van der Waals surface area contributed by atoms with Crippen molar-refractivity contribution in [1.82, 2.24) is 10.6 Å². The molecule has 2 heterocycles. The monoisotopic (exact) mass is 476 g/mol. The molecule has 0 saturated carbocycles. The summed E-state index contributed by atoms with van der Waals surface area (Å²) in [6.45, 7) is 1.95. The van der Waals surface area contributed by atoms with Crippen LogP contribution in [0.25, 0.3) is 6.08 Å². The van der Waals surface area contributed by atoms with Gasteiger partial charge in [-0.1, -0.05) is 60.7 Å². The molecule has 182 valence electrons. The molecule has 0 aromatic heterocycles. The number of carboxylic acids is 1. The molecule has 4 rings (SSSR count). The third-order valence-electron chi connectivity index (χ3n) is 6.77. The Balaban J connectivity index is 1.73. The fourth-order valence-electron chi connectivity index (χ4n) is 5.15. The van der Waals surface area contributed by atoms with Crippen LogP contribution in [0.3, 0.4) is 0 Å². The number of urea groups is 1. The number of nitrogens with one attached hydrogen (secondary N) is 2. The number of carbonyl (C=O) groups is 4. The Morgan fingerprint density at radius 2 is 1.80 bits per heavy atom. The van der Waals surface area contributed by atoms with Gasteiger partial charge in [0.1, 0.15) is 5.54 Å². The van der Waals surface area contributed by atoms with Crippen molar-refractivity contribution < 1.29 is 24.3 Å². The maximum absolute atomic E-state index is 13.7. The Bertz CT molecular complexity index is 1180. The van der Waals surface area contributed by atoms with Gasteiger partial charge < -0.3 is 16.2 Å². The number of carboxylic acid groups (broad SMARTS) is 1. The number of primary amides is 1. The number of carbonyl (C=O) groups excluding carboxylic acids is 3. The number of fused-ring (bicyclic) bond motifs is 1. The number of aryl methyl sites for hydroxylation is 1. The molecular weight excluding hydrogens is 448 g/mol. The van der Waals surface area contributed by atoms with Crippen LogP contribution in [0.4, 0.5) is 10.5 Å². The Labute approximate surface area is 203 Å². The van der Waals surface area contributed by atoms with E-state index in [9.17, 15) is 24.3 Å². The predicted molar refractivity (Wildman–Crippen MR) is 130 cm³/mol. The number of rotatable bonds is 8. The molecule has 0 aliphatic carbocycles. The lowest BCUT2D eigenvalue weighted by Gasteiger charge is -2.31. The quantitative estimate of drug-likeness (QED) is 0.339. The molecular formula is C26H28N4O5. The zero-order valence-electron chi connectivity index (χ0n) is 19.3. The Kier molecular flexibility index (Phi) is 6.70. The molecule has 2 aliphatic heterocycles. The number of aliphatic carboxylic acids is 1. The Morgan fingerprint density at radius 3 is 2.46 bits per heavy atom. The molecule has 0 spiro atoms. The van der Waals surface area contributed by atoms with Crippen LogP contribution in [0.5, 0.6) is 0 Å². The van der Waals surface area contributed by atoms with E-state index in [1.807, 2.05) is 42.5 Å². The van der Waals surface area contributed by atoms with E-state index in [1.165, 1.54) is 0 Å². The average molecular weight is 477 g/mol. The molecule has 2 aromatic carbocycles. The topological polar surface area (TPSA) is 142 Å². The number of amides is 4. The lowest BCUT2D eigenvalue weighted by atomic mass is 9.77. The van der Waals surface area contributed by atoms with Crippen LogP contribution < -0.4 is 21.3 Å². The normalized spacial score (nSPS) is 25.7. The molecule has 0 bridgehead atoms. The zero-order chi connectivity index (χ0) is 25.2. The number of nitrogens with zero attached hydrogens (tertiary/aromatic N) is 1. The summed E-state index contributed by atoms with van der Waals surface area (Å²) in [5.74, 6) is -4.17. The van der Waals surface area contributed by atoms with Gasteiger partial charge in [0.05, 0.1) is 17.5 Å². The molecule has 5 N–H and O–H groups in total. The lowest BCUT2D eigenvalue weighted by Crippen LogP contribution is -2.57. The number of para-hydroxylation sites is 1. The molecule has 4 unspecified atom stereocenters. The highest BCUT2D eigenvalue weighted by atomic mass is 16.4. The molecule has 2 fully saturated rings. The number of nitrogens with two attached hydrogens (primary N) is 1. The van der Waals surface area contributed by atoms with E-state index < -0.39 is 47.2 Å². The van der Waals surface area contributed by atoms with Crippen molar-refractivity contribution in [2.24, 2.45) is 17.6 Å². The van der Waals surface area contributed by atoms with Crippen LogP contribution in [0.2, 0.25) is 0 Å². The fraction of sp³-hybridized carbons (Fsp3) is 0.308. The smallest absolute Gasteiger partial charge is 0.324 e. The van der Waals surface area contributed by atoms with Crippen LogP contribution in [0.15, 0.2) is 60.7 Å². The summed E-state index contributed by atoms with van der Waals surface area (Å²) in [6, 6.07) is 15.1. The average Bonchev–Trinajstić information content (AvgIpc) is 3.30. The van der Waals surface area contributed by atoms with Gasteiger partial charge in [-0.3, -0.25) is 19.7 Å². The lowest BCUT2D eigenvalue weighted by molar-refractivity contribution is -0.149. The van der Waals surface area contributed by atoms with E-state index in [0.29, 0.717) is 5.69 Å². The fourth-order valence-corrected chi connectivity index (χ4v) is 5.15. The second-order valence-electron chi connectivity index (χ2n) is 8.91. The Morgan fingerprint density at radius 1 is 1.11 bits per heavy atom. The minimum Gasteiger partial charge on any atom is -0.480 e. The molecule has 9 heteroatoms. The molecule has 2 saturated heterocycles. The molecule has 2 aromatic rings. The maximum atomic E-state index is 13.7. The predicted octanol–water partition coefficient (Wildman–Crippen LogP) is 2.06. The summed E-state index contributed by atoms with van der Waals surface area (Å²) in [5.41, 5.74) is 5.52. The van der Waals surface area contributed by atoms with Crippen LogP contribution in [-0.2, 0) is 14.4 Å². The molecule has 4 amide bonds. The van der Waals surface area contributed by atoms with Crippen molar-refractivity contribution in [3.63, 3.8) is 0 Å². The first-order valence-electron chi connectivity index (χ1n) is 11.5. The van der Waals surface area contributed by atoms with Gasteiger partial charge in [-0.25, -0.2) is 9.69 Å². The van der Waals surface area contributed by atoms with Gasteiger partial charge in [0.15, 0.2) is 0 Å². The molecule has 9 nitrogen and oxygen atoms in total. The first-order chi connectivity index (χ1) is 16.8. The van der Waals surface area contributed by atoms with E-state index in [-0.39, 0.29) is 19.4 Å². The van der Waals surface area contributed by atoms with Crippen LogP contribution in [0.1, 0.15) is 24.0 Å². The molecule has 35 heavy (non-hydrogen) atoms.